The number of rotatable bonds is 33. The fourth-order valence-electron chi connectivity index (χ4n) is 12.0. The Morgan fingerprint density at radius 1 is 0.260 bits per heavy atom. The standard InChI is InChI=1S/C80H84O15S/c81-69-74(88-51-62-38-20-6-21-39-62)71(85-48-59-32-14-3-15-33-59)66(54-83-46-57-28-10-1-11-29-57)92-78(69)91-56-68-73(87-50-61-36-18-5-19-37-61)76(77(90-53-64-42-24-8-25-43-64)80(94-68)96-65-44-26-9-27-45-65)95-79-70(82)75(89-52-63-40-22-7-23-41-63)72(86-49-60-34-16-4-17-35-60)67(93-79)55-84-47-58-30-12-2-13-31-58/h1-45,66-82H,46-56H2/t66?,67?,68?,69?,70?,71-,72-,73+,74+,75-,76+,77?,78+,79-,80-/m1/s1. The van der Waals surface area contributed by atoms with Gasteiger partial charge in [0.15, 0.2) is 12.6 Å². The van der Waals surface area contributed by atoms with Crippen LogP contribution < -0.4 is 0 Å². The van der Waals surface area contributed by atoms with E-state index in [0.29, 0.717) is 6.61 Å². The minimum absolute atomic E-state index is 0.0426. The van der Waals surface area contributed by atoms with Crippen LogP contribution in [-0.4, -0.2) is 121 Å². The SMILES string of the molecule is OC1[C@@H](O[C@@H]2C(OCc3ccccc3)[C@@H](Sc3ccccc3)OC(CO[C@H]3OC(COCc4ccccc4)[C@@H](OCc4ccccc4)[C@@H](OCc4ccccc4)C3O)[C@@H]2OCc2ccccc2)OC(COCc2ccccc2)[C@@H](OCc2ccccc2)[C@@H]1OCc1ccccc1. The Bertz CT molecular complexity index is 3580. The molecule has 0 saturated carbocycles. The molecule has 0 bridgehead atoms. The Kier molecular flexibility index (Phi) is 26.0. The summed E-state index contributed by atoms with van der Waals surface area (Å²) in [5.41, 5.74) is 6.57. The van der Waals surface area contributed by atoms with Crippen molar-refractivity contribution in [2.45, 2.75) is 149 Å². The maximum absolute atomic E-state index is 13.2. The van der Waals surface area contributed by atoms with Crippen molar-refractivity contribution in [2.75, 3.05) is 19.8 Å². The summed E-state index contributed by atoms with van der Waals surface area (Å²) in [4.78, 5) is 0.888. The van der Waals surface area contributed by atoms with Crippen LogP contribution in [0.1, 0.15) is 44.5 Å². The highest BCUT2D eigenvalue weighted by atomic mass is 32.2. The summed E-state index contributed by atoms with van der Waals surface area (Å²) in [7, 11) is 0. The van der Waals surface area contributed by atoms with E-state index in [2.05, 4.69) is 0 Å². The van der Waals surface area contributed by atoms with Crippen molar-refractivity contribution in [1.82, 2.24) is 0 Å². The second kappa shape index (κ2) is 36.4. The van der Waals surface area contributed by atoms with Crippen LogP contribution in [0.2, 0.25) is 0 Å². The molecule has 0 amide bonds. The van der Waals surface area contributed by atoms with E-state index in [1.165, 1.54) is 11.8 Å². The van der Waals surface area contributed by atoms with E-state index in [1.54, 1.807) is 0 Å². The van der Waals surface area contributed by atoms with Gasteiger partial charge in [0.2, 0.25) is 0 Å². The fraction of sp³-hybridized carbons (Fsp3) is 0.325. The number of thioether (sulfide) groups is 1. The second-order valence-electron chi connectivity index (χ2n) is 24.0. The molecule has 3 fully saturated rings. The molecule has 500 valence electrons. The first-order valence-electron chi connectivity index (χ1n) is 32.9. The molecule has 3 aliphatic heterocycles. The lowest BCUT2D eigenvalue weighted by Crippen LogP contribution is -2.66. The summed E-state index contributed by atoms with van der Waals surface area (Å²) in [6.07, 6.45) is -14.9. The summed E-state index contributed by atoms with van der Waals surface area (Å²) in [6.45, 7) is 1.44. The van der Waals surface area contributed by atoms with Gasteiger partial charge in [-0.2, -0.15) is 0 Å². The predicted molar refractivity (Wildman–Crippen MR) is 363 cm³/mol. The largest absolute Gasteiger partial charge is 0.385 e. The summed E-state index contributed by atoms with van der Waals surface area (Å²) < 4.78 is 90.6. The third-order valence-corrected chi connectivity index (χ3v) is 18.2. The first-order chi connectivity index (χ1) is 47.4. The Labute approximate surface area is 567 Å². The molecule has 3 aliphatic rings. The number of ether oxygens (including phenoxy) is 13. The van der Waals surface area contributed by atoms with E-state index in [1.807, 2.05) is 273 Å². The molecule has 0 spiro atoms. The number of benzene rings is 9. The zero-order valence-corrected chi connectivity index (χ0v) is 54.3. The van der Waals surface area contributed by atoms with Crippen molar-refractivity contribution in [3.8, 4) is 0 Å². The topological polar surface area (TPSA) is 160 Å². The number of aliphatic hydroxyl groups excluding tert-OH is 2. The highest BCUT2D eigenvalue weighted by Gasteiger charge is 2.55. The quantitative estimate of drug-likeness (QED) is 0.0399. The van der Waals surface area contributed by atoms with Gasteiger partial charge in [0.05, 0.1) is 72.7 Å². The minimum Gasteiger partial charge on any atom is -0.385 e. The fourth-order valence-corrected chi connectivity index (χ4v) is 13.2. The van der Waals surface area contributed by atoms with Gasteiger partial charge in [0.25, 0.3) is 0 Å². The molecule has 6 unspecified atom stereocenters. The van der Waals surface area contributed by atoms with Crippen LogP contribution >= 0.6 is 11.8 Å². The smallest absolute Gasteiger partial charge is 0.187 e. The molecule has 0 aliphatic carbocycles. The van der Waals surface area contributed by atoms with E-state index < -0.39 is 91.3 Å². The van der Waals surface area contributed by atoms with Gasteiger partial charge in [0, 0.05) is 4.90 Å². The van der Waals surface area contributed by atoms with Crippen LogP contribution in [0.4, 0.5) is 0 Å². The Morgan fingerprint density at radius 3 is 0.885 bits per heavy atom. The maximum atomic E-state index is 13.2. The highest BCUT2D eigenvalue weighted by molar-refractivity contribution is 7.99. The average molecular weight is 1320 g/mol. The average Bonchev–Trinajstić information content (AvgIpc) is 0.780. The van der Waals surface area contributed by atoms with Crippen LogP contribution in [0.5, 0.6) is 0 Å². The molecule has 16 heteroatoms. The maximum Gasteiger partial charge on any atom is 0.187 e. The molecule has 15 atom stereocenters. The molecule has 2 N–H and O–H groups in total. The first kappa shape index (κ1) is 68.7. The number of aliphatic hydroxyl groups is 2. The second-order valence-corrected chi connectivity index (χ2v) is 25.2. The monoisotopic (exact) mass is 1320 g/mol. The van der Waals surface area contributed by atoms with Crippen LogP contribution in [0.3, 0.4) is 0 Å². The van der Waals surface area contributed by atoms with Gasteiger partial charge in [-0.05, 0) is 56.6 Å². The van der Waals surface area contributed by atoms with Crippen molar-refractivity contribution in [2.24, 2.45) is 0 Å². The van der Waals surface area contributed by atoms with E-state index in [-0.39, 0.29) is 66.1 Å². The van der Waals surface area contributed by atoms with Crippen molar-refractivity contribution in [3.63, 3.8) is 0 Å². The van der Waals surface area contributed by atoms with Gasteiger partial charge in [-0.15, -0.1) is 0 Å². The summed E-state index contributed by atoms with van der Waals surface area (Å²) in [5.74, 6) is 0. The van der Waals surface area contributed by atoms with Crippen molar-refractivity contribution in [1.29, 1.82) is 0 Å². The van der Waals surface area contributed by atoms with Crippen molar-refractivity contribution in [3.05, 3.63) is 317 Å². The molecule has 0 aromatic heterocycles. The summed E-state index contributed by atoms with van der Waals surface area (Å²) >= 11 is 1.45. The van der Waals surface area contributed by atoms with Crippen LogP contribution in [0.15, 0.2) is 278 Å². The molecule has 9 aromatic carbocycles. The van der Waals surface area contributed by atoms with E-state index in [4.69, 9.17) is 61.6 Å². The number of hydrogen-bond donors (Lipinski definition) is 2. The molecular weight excluding hydrogens is 1230 g/mol. The third kappa shape index (κ3) is 19.7. The summed E-state index contributed by atoms with van der Waals surface area (Å²) in [6, 6.07) is 88.8. The lowest BCUT2D eigenvalue weighted by Gasteiger charge is -2.50. The molecule has 12 rings (SSSR count). The Balaban J connectivity index is 0.907. The van der Waals surface area contributed by atoms with Gasteiger partial charge in [-0.25, -0.2) is 0 Å². The van der Waals surface area contributed by atoms with Crippen LogP contribution in [0, 0.1) is 0 Å². The molecule has 0 radical (unpaired) electrons. The summed E-state index contributed by atoms with van der Waals surface area (Å²) in [5, 5.41) is 26.0. The normalized spacial score (nSPS) is 25.9. The third-order valence-electron chi connectivity index (χ3n) is 17.0. The van der Waals surface area contributed by atoms with Gasteiger partial charge >= 0.3 is 0 Å². The Morgan fingerprint density at radius 2 is 0.531 bits per heavy atom. The minimum atomic E-state index is -1.46. The Hall–Kier alpha value is -7.27. The lowest BCUT2D eigenvalue weighted by atomic mass is 9.96. The van der Waals surface area contributed by atoms with E-state index in [9.17, 15) is 10.2 Å². The van der Waals surface area contributed by atoms with E-state index >= 15 is 0 Å². The molecule has 96 heavy (non-hydrogen) atoms. The molecule has 3 saturated heterocycles. The molecule has 3 heterocycles. The van der Waals surface area contributed by atoms with Gasteiger partial charge < -0.3 is 71.8 Å². The zero-order chi connectivity index (χ0) is 65.4. The molecule has 15 nitrogen and oxygen atoms in total. The zero-order valence-electron chi connectivity index (χ0n) is 53.5. The van der Waals surface area contributed by atoms with Gasteiger partial charge in [-0.1, -0.05) is 273 Å². The predicted octanol–water partition coefficient (Wildman–Crippen LogP) is 13.0. The highest BCUT2D eigenvalue weighted by Crippen LogP contribution is 2.41. The first-order valence-corrected chi connectivity index (χ1v) is 33.8. The molecule has 9 aromatic rings. The van der Waals surface area contributed by atoms with Crippen molar-refractivity contribution < 1.29 is 71.8 Å². The van der Waals surface area contributed by atoms with Crippen LogP contribution in [-0.2, 0) is 114 Å². The molecular formula is C80H84O15S. The van der Waals surface area contributed by atoms with E-state index in [0.717, 1.165) is 49.4 Å². The van der Waals surface area contributed by atoms with Gasteiger partial charge in [0.1, 0.15) is 78.7 Å². The van der Waals surface area contributed by atoms with Crippen LogP contribution in [0.25, 0.3) is 0 Å². The lowest BCUT2D eigenvalue weighted by molar-refractivity contribution is -0.358. The number of hydrogen-bond acceptors (Lipinski definition) is 16. The van der Waals surface area contributed by atoms with Gasteiger partial charge in [-0.3, -0.25) is 0 Å². The van der Waals surface area contributed by atoms with Crippen molar-refractivity contribution >= 4 is 11.8 Å².